The first-order valence-corrected chi connectivity index (χ1v) is 1.95. The van der Waals surface area contributed by atoms with Gasteiger partial charge in [0.2, 0.25) is 6.33 Å². The van der Waals surface area contributed by atoms with Crippen molar-refractivity contribution in [1.82, 2.24) is 9.97 Å². The lowest BCUT2D eigenvalue weighted by molar-refractivity contribution is -0.596. The molecule has 0 aliphatic carbocycles. The van der Waals surface area contributed by atoms with E-state index in [2.05, 4.69) is 9.97 Å². The van der Waals surface area contributed by atoms with Gasteiger partial charge >= 0.3 is 5.95 Å². The van der Waals surface area contributed by atoms with Gasteiger partial charge in [0.15, 0.2) is 6.33 Å². The summed E-state index contributed by atoms with van der Waals surface area (Å²) in [6.45, 7) is 0. The summed E-state index contributed by atoms with van der Waals surface area (Å²) in [4.78, 5) is 6.80. The van der Waals surface area contributed by atoms with Gasteiger partial charge < -0.3 is 10.9 Å². The number of aromatic nitrogens is 3. The minimum Gasteiger partial charge on any atom is -0.754 e. The predicted octanol–water partition coefficient (Wildman–Crippen LogP) is -1.31. The number of anilines is 1. The Morgan fingerprint density at radius 2 is 2.50 bits per heavy atom. The molecule has 5 heteroatoms. The van der Waals surface area contributed by atoms with Gasteiger partial charge in [0.05, 0.1) is 0 Å². The van der Waals surface area contributed by atoms with Gasteiger partial charge in [-0.2, -0.15) is 0 Å². The number of hydrogen-bond donors (Lipinski definition) is 1. The van der Waals surface area contributed by atoms with Crippen molar-refractivity contribution in [2.24, 2.45) is 0 Å². The van der Waals surface area contributed by atoms with Crippen LogP contribution in [0.3, 0.4) is 0 Å². The molecule has 0 bridgehead atoms. The maximum absolute atomic E-state index is 10.3. The first-order chi connectivity index (χ1) is 3.80. The van der Waals surface area contributed by atoms with Crippen LogP contribution in [0.1, 0.15) is 0 Å². The van der Waals surface area contributed by atoms with Gasteiger partial charge in [-0.3, -0.25) is 0 Å². The summed E-state index contributed by atoms with van der Waals surface area (Å²) in [5.74, 6) is -0.0833. The fourth-order valence-corrected chi connectivity index (χ4v) is 0.299. The van der Waals surface area contributed by atoms with Crippen LogP contribution in [-0.2, 0) is 0 Å². The molecule has 0 unspecified atom stereocenters. The Balaban J connectivity index is 3.13. The summed E-state index contributed by atoms with van der Waals surface area (Å²) in [6, 6.07) is 0. The summed E-state index contributed by atoms with van der Waals surface area (Å²) in [7, 11) is 0. The van der Waals surface area contributed by atoms with Crippen LogP contribution >= 0.6 is 0 Å². The number of rotatable bonds is 0. The highest BCUT2D eigenvalue weighted by Crippen LogP contribution is 1.75. The molecule has 1 heterocycles. The Labute approximate surface area is 45.4 Å². The molecule has 0 aliphatic heterocycles. The number of nitrogen functional groups attached to an aromatic ring is 1. The van der Waals surface area contributed by atoms with E-state index in [1.165, 1.54) is 6.33 Å². The molecule has 0 fully saturated rings. The molecule has 5 nitrogen and oxygen atoms in total. The number of nitrogens with two attached hydrogens (primary N) is 1. The maximum atomic E-state index is 10.3. The van der Waals surface area contributed by atoms with Crippen molar-refractivity contribution < 1.29 is 4.73 Å². The van der Waals surface area contributed by atoms with E-state index >= 15 is 0 Å². The van der Waals surface area contributed by atoms with E-state index in [0.717, 1.165) is 6.33 Å². The molecular formula is C3H4N4O. The average Bonchev–Trinajstić information content (AvgIpc) is 1.77. The van der Waals surface area contributed by atoms with Crippen molar-refractivity contribution in [2.75, 3.05) is 5.73 Å². The Morgan fingerprint density at radius 1 is 1.75 bits per heavy atom. The molecule has 8 heavy (non-hydrogen) atoms. The molecule has 2 N–H and O–H groups in total. The first kappa shape index (κ1) is 4.76. The molecule has 0 spiro atoms. The molecule has 0 saturated carbocycles. The van der Waals surface area contributed by atoms with Crippen molar-refractivity contribution in [3.8, 4) is 0 Å². The van der Waals surface area contributed by atoms with Crippen molar-refractivity contribution in [3.63, 3.8) is 0 Å². The smallest absolute Gasteiger partial charge is 0.346 e. The van der Waals surface area contributed by atoms with E-state index in [0.29, 0.717) is 4.73 Å². The lowest BCUT2D eigenvalue weighted by Gasteiger charge is -1.99. The van der Waals surface area contributed by atoms with Crippen LogP contribution in [0.15, 0.2) is 12.7 Å². The van der Waals surface area contributed by atoms with Crippen LogP contribution < -0.4 is 10.5 Å². The van der Waals surface area contributed by atoms with Gasteiger partial charge in [0.25, 0.3) is 0 Å². The van der Waals surface area contributed by atoms with E-state index in [9.17, 15) is 5.21 Å². The SMILES string of the molecule is Nc1ncnc[n+]1[O-]. The third-order valence-electron chi connectivity index (χ3n) is 0.654. The van der Waals surface area contributed by atoms with E-state index < -0.39 is 0 Å². The molecule has 1 aromatic heterocycles. The highest BCUT2D eigenvalue weighted by molar-refractivity contribution is 5.00. The summed E-state index contributed by atoms with van der Waals surface area (Å²) in [5.41, 5.74) is 5.02. The third-order valence-corrected chi connectivity index (χ3v) is 0.654. The zero-order valence-electron chi connectivity index (χ0n) is 3.98. The Morgan fingerprint density at radius 3 is 2.88 bits per heavy atom. The highest BCUT2D eigenvalue weighted by atomic mass is 16.5. The van der Waals surface area contributed by atoms with Crippen LogP contribution in [0.5, 0.6) is 0 Å². The molecule has 0 atom stereocenters. The van der Waals surface area contributed by atoms with E-state index in [-0.39, 0.29) is 5.95 Å². The average molecular weight is 112 g/mol. The number of nitrogens with zero attached hydrogens (tertiary/aromatic N) is 3. The summed E-state index contributed by atoms with van der Waals surface area (Å²) in [6.07, 6.45) is 2.26. The largest absolute Gasteiger partial charge is 0.754 e. The van der Waals surface area contributed by atoms with Crippen LogP contribution in [-0.4, -0.2) is 9.97 Å². The van der Waals surface area contributed by atoms with Crippen molar-refractivity contribution in [3.05, 3.63) is 17.9 Å². The highest BCUT2D eigenvalue weighted by Gasteiger charge is 1.90. The maximum Gasteiger partial charge on any atom is 0.346 e. The second-order valence-electron chi connectivity index (χ2n) is 1.19. The van der Waals surface area contributed by atoms with Crippen LogP contribution in [0.25, 0.3) is 0 Å². The topological polar surface area (TPSA) is 78.7 Å². The van der Waals surface area contributed by atoms with E-state index in [4.69, 9.17) is 5.73 Å². The van der Waals surface area contributed by atoms with Gasteiger partial charge in [-0.1, -0.05) is 4.98 Å². The van der Waals surface area contributed by atoms with Gasteiger partial charge in [-0.25, -0.2) is 4.73 Å². The lowest BCUT2D eigenvalue weighted by atomic mass is 11.0. The predicted molar refractivity (Wildman–Crippen MR) is 25.4 cm³/mol. The quantitative estimate of drug-likeness (QED) is 0.334. The zero-order valence-corrected chi connectivity index (χ0v) is 3.98. The normalized spacial score (nSPS) is 9.00. The van der Waals surface area contributed by atoms with Crippen molar-refractivity contribution in [2.45, 2.75) is 0 Å². The fourth-order valence-electron chi connectivity index (χ4n) is 0.299. The summed E-state index contributed by atoms with van der Waals surface area (Å²) >= 11 is 0. The fraction of sp³-hybridized carbons (Fsp3) is 0. The van der Waals surface area contributed by atoms with Gasteiger partial charge in [-0.15, -0.1) is 4.98 Å². The summed E-state index contributed by atoms with van der Waals surface area (Å²) < 4.78 is 0.389. The molecule has 1 rings (SSSR count). The minimum absolute atomic E-state index is 0.0833. The first-order valence-electron chi connectivity index (χ1n) is 1.95. The Kier molecular flexibility index (Phi) is 0.957. The van der Waals surface area contributed by atoms with Gasteiger partial charge in [0.1, 0.15) is 0 Å². The Bertz CT molecular complexity index is 167. The molecule has 0 amide bonds. The number of hydrogen-bond acceptors (Lipinski definition) is 4. The van der Waals surface area contributed by atoms with Crippen molar-refractivity contribution >= 4 is 5.95 Å². The molecular weight excluding hydrogens is 108 g/mol. The van der Waals surface area contributed by atoms with Crippen molar-refractivity contribution in [1.29, 1.82) is 0 Å². The molecule has 42 valence electrons. The minimum atomic E-state index is -0.0833. The van der Waals surface area contributed by atoms with E-state index in [1.807, 2.05) is 0 Å². The van der Waals surface area contributed by atoms with Gasteiger partial charge in [-0.05, 0) is 0 Å². The monoisotopic (exact) mass is 112 g/mol. The third kappa shape index (κ3) is 0.651. The van der Waals surface area contributed by atoms with Crippen LogP contribution in [0.4, 0.5) is 5.95 Å². The Hall–Kier alpha value is -1.39. The second kappa shape index (κ2) is 1.61. The lowest BCUT2D eigenvalue weighted by Crippen LogP contribution is -2.31. The van der Waals surface area contributed by atoms with Crippen LogP contribution in [0.2, 0.25) is 0 Å². The molecule has 0 saturated heterocycles. The molecule has 0 aliphatic rings. The van der Waals surface area contributed by atoms with E-state index in [1.54, 1.807) is 0 Å². The second-order valence-corrected chi connectivity index (χ2v) is 1.19. The van der Waals surface area contributed by atoms with Gasteiger partial charge in [0, 0.05) is 0 Å². The van der Waals surface area contributed by atoms with Crippen LogP contribution in [0, 0.1) is 5.21 Å². The molecule has 0 aromatic carbocycles. The zero-order chi connectivity index (χ0) is 5.98. The summed E-state index contributed by atoms with van der Waals surface area (Å²) in [5, 5.41) is 10.3. The molecule has 0 radical (unpaired) electrons. The standard InChI is InChI=1S/C3H4N4O/c4-3-6-1-5-2-7(3)8/h1-2H,(H2,4,5,6). The molecule has 1 aromatic rings.